The number of rotatable bonds is 7. The standard InChI is InChI=1S/C17H19F2NO3.ClH/c1-22-14-8-7-13(16(20)17(18,19)11-21)9-15(14)23-10-12-5-3-2-4-6-12;/h2-9,16,21H,10-11,20H2,1H3;1H/t16-;/m0./s1. The second-order valence-corrected chi connectivity index (χ2v) is 5.08. The molecule has 0 amide bonds. The lowest BCUT2D eigenvalue weighted by atomic mass is 10.0. The first kappa shape index (κ1) is 20.2. The zero-order valence-corrected chi connectivity index (χ0v) is 13.9. The molecule has 0 bridgehead atoms. The average Bonchev–Trinajstić information content (AvgIpc) is 2.59. The van der Waals surface area contributed by atoms with Crippen LogP contribution in [0.25, 0.3) is 0 Å². The van der Waals surface area contributed by atoms with Crippen molar-refractivity contribution in [3.05, 3.63) is 59.7 Å². The summed E-state index contributed by atoms with van der Waals surface area (Å²) in [5, 5.41) is 8.76. The van der Waals surface area contributed by atoms with Crippen molar-refractivity contribution in [1.82, 2.24) is 0 Å². The lowest BCUT2D eigenvalue weighted by Gasteiger charge is -2.22. The van der Waals surface area contributed by atoms with E-state index >= 15 is 0 Å². The van der Waals surface area contributed by atoms with Crippen LogP contribution in [0, 0.1) is 0 Å². The average molecular weight is 360 g/mol. The summed E-state index contributed by atoms with van der Waals surface area (Å²) in [7, 11) is 1.46. The smallest absolute Gasteiger partial charge is 0.289 e. The normalized spacial score (nSPS) is 12.2. The predicted molar refractivity (Wildman–Crippen MR) is 90.0 cm³/mol. The zero-order valence-electron chi connectivity index (χ0n) is 13.1. The lowest BCUT2D eigenvalue weighted by molar-refractivity contribution is -0.0712. The summed E-state index contributed by atoms with van der Waals surface area (Å²) in [5.41, 5.74) is 6.64. The molecule has 2 aromatic carbocycles. The maximum atomic E-state index is 13.5. The van der Waals surface area contributed by atoms with Gasteiger partial charge in [0, 0.05) is 0 Å². The summed E-state index contributed by atoms with van der Waals surface area (Å²) < 4.78 is 37.9. The Morgan fingerprint density at radius 2 is 1.79 bits per heavy atom. The summed E-state index contributed by atoms with van der Waals surface area (Å²) in [6.07, 6.45) is 0. The molecule has 3 N–H and O–H groups in total. The van der Waals surface area contributed by atoms with Gasteiger partial charge in [0.15, 0.2) is 11.5 Å². The van der Waals surface area contributed by atoms with Crippen LogP contribution in [0.4, 0.5) is 8.78 Å². The quantitative estimate of drug-likeness (QED) is 0.796. The van der Waals surface area contributed by atoms with Crippen molar-refractivity contribution >= 4 is 12.4 Å². The Morgan fingerprint density at radius 1 is 1.12 bits per heavy atom. The van der Waals surface area contributed by atoms with E-state index in [1.54, 1.807) is 0 Å². The van der Waals surface area contributed by atoms with Crippen molar-refractivity contribution < 1.29 is 23.4 Å². The maximum absolute atomic E-state index is 13.5. The number of aliphatic hydroxyl groups is 1. The second kappa shape index (κ2) is 8.82. The highest BCUT2D eigenvalue weighted by molar-refractivity contribution is 5.85. The van der Waals surface area contributed by atoms with E-state index in [0.717, 1.165) is 5.56 Å². The number of nitrogens with two attached hydrogens (primary N) is 1. The molecule has 0 aliphatic heterocycles. The number of methoxy groups -OCH3 is 1. The van der Waals surface area contributed by atoms with Gasteiger partial charge in [-0.3, -0.25) is 0 Å². The minimum absolute atomic E-state index is 0. The molecule has 0 saturated heterocycles. The SMILES string of the molecule is COc1ccc([C@H](N)C(F)(F)CO)cc1OCc1ccccc1.Cl. The van der Waals surface area contributed by atoms with E-state index in [9.17, 15) is 8.78 Å². The lowest BCUT2D eigenvalue weighted by Crippen LogP contribution is -2.36. The molecule has 1 atom stereocenters. The van der Waals surface area contributed by atoms with Crippen molar-refractivity contribution in [2.24, 2.45) is 5.73 Å². The van der Waals surface area contributed by atoms with Gasteiger partial charge in [-0.15, -0.1) is 12.4 Å². The van der Waals surface area contributed by atoms with Crippen LogP contribution in [0.3, 0.4) is 0 Å². The van der Waals surface area contributed by atoms with Gasteiger partial charge in [-0.1, -0.05) is 36.4 Å². The predicted octanol–water partition coefficient (Wildman–Crippen LogP) is 3.32. The van der Waals surface area contributed by atoms with Crippen LogP contribution in [-0.2, 0) is 6.61 Å². The zero-order chi connectivity index (χ0) is 16.9. The highest BCUT2D eigenvalue weighted by Gasteiger charge is 2.37. The van der Waals surface area contributed by atoms with Crippen LogP contribution in [0.1, 0.15) is 17.2 Å². The Hall–Kier alpha value is -1.89. The molecule has 24 heavy (non-hydrogen) atoms. The van der Waals surface area contributed by atoms with Crippen LogP contribution in [0.5, 0.6) is 11.5 Å². The fourth-order valence-corrected chi connectivity index (χ4v) is 2.08. The van der Waals surface area contributed by atoms with E-state index < -0.39 is 18.6 Å². The summed E-state index contributed by atoms with van der Waals surface area (Å²) in [6, 6.07) is 12.2. The molecule has 0 aliphatic rings. The van der Waals surface area contributed by atoms with E-state index in [0.29, 0.717) is 11.5 Å². The fraction of sp³-hybridized carbons (Fsp3) is 0.294. The van der Waals surface area contributed by atoms with Crippen molar-refractivity contribution in [2.45, 2.75) is 18.6 Å². The minimum Gasteiger partial charge on any atom is -0.493 e. The van der Waals surface area contributed by atoms with E-state index in [2.05, 4.69) is 0 Å². The highest BCUT2D eigenvalue weighted by Crippen LogP contribution is 2.35. The molecule has 2 rings (SSSR count). The highest BCUT2D eigenvalue weighted by atomic mass is 35.5. The number of alkyl halides is 2. The molecule has 0 spiro atoms. The van der Waals surface area contributed by atoms with Gasteiger partial charge >= 0.3 is 0 Å². The van der Waals surface area contributed by atoms with Crippen molar-refractivity contribution in [2.75, 3.05) is 13.7 Å². The molecule has 0 aromatic heterocycles. The van der Waals surface area contributed by atoms with Crippen LogP contribution in [0.2, 0.25) is 0 Å². The molecule has 0 radical (unpaired) electrons. The fourth-order valence-electron chi connectivity index (χ4n) is 2.08. The molecule has 0 heterocycles. The van der Waals surface area contributed by atoms with E-state index in [-0.39, 0.29) is 24.6 Å². The molecule has 0 fully saturated rings. The number of aliphatic hydroxyl groups excluding tert-OH is 1. The molecule has 4 nitrogen and oxygen atoms in total. The molecule has 0 saturated carbocycles. The van der Waals surface area contributed by atoms with E-state index in [1.807, 2.05) is 30.3 Å². The third kappa shape index (κ3) is 4.80. The number of halogens is 3. The maximum Gasteiger partial charge on any atom is 0.289 e. The van der Waals surface area contributed by atoms with Gasteiger partial charge in [0.05, 0.1) is 13.2 Å². The van der Waals surface area contributed by atoms with Crippen LogP contribution < -0.4 is 15.2 Å². The first-order chi connectivity index (χ1) is 11.0. The van der Waals surface area contributed by atoms with Gasteiger partial charge in [-0.05, 0) is 23.3 Å². The molecule has 7 heteroatoms. The molecule has 0 aliphatic carbocycles. The Labute approximate surface area is 145 Å². The summed E-state index contributed by atoms with van der Waals surface area (Å²) >= 11 is 0. The van der Waals surface area contributed by atoms with Crippen LogP contribution >= 0.6 is 12.4 Å². The summed E-state index contributed by atoms with van der Waals surface area (Å²) in [4.78, 5) is 0. The Morgan fingerprint density at radius 3 is 2.38 bits per heavy atom. The second-order valence-electron chi connectivity index (χ2n) is 5.08. The van der Waals surface area contributed by atoms with E-state index in [1.165, 1.54) is 25.3 Å². The molecule has 2 aromatic rings. The minimum atomic E-state index is -3.41. The Balaban J connectivity index is 0.00000288. The van der Waals surface area contributed by atoms with Crippen molar-refractivity contribution in [3.8, 4) is 11.5 Å². The molecule has 0 unspecified atom stereocenters. The van der Waals surface area contributed by atoms with E-state index in [4.69, 9.17) is 20.3 Å². The number of hydrogen-bond acceptors (Lipinski definition) is 4. The van der Waals surface area contributed by atoms with Crippen LogP contribution in [0.15, 0.2) is 48.5 Å². The number of ether oxygens (including phenoxy) is 2. The molecule has 132 valence electrons. The summed E-state index contributed by atoms with van der Waals surface area (Å²) in [6.45, 7) is -1.05. The first-order valence-electron chi connectivity index (χ1n) is 7.07. The van der Waals surface area contributed by atoms with Gasteiger partial charge in [0.25, 0.3) is 5.92 Å². The molecular weight excluding hydrogens is 340 g/mol. The van der Waals surface area contributed by atoms with Gasteiger partial charge in [0.1, 0.15) is 13.2 Å². The van der Waals surface area contributed by atoms with Gasteiger partial charge in [0.2, 0.25) is 0 Å². The Bertz CT molecular complexity index is 641. The first-order valence-corrected chi connectivity index (χ1v) is 7.07. The van der Waals surface area contributed by atoms with Crippen molar-refractivity contribution in [3.63, 3.8) is 0 Å². The third-order valence-electron chi connectivity index (χ3n) is 3.45. The monoisotopic (exact) mass is 359 g/mol. The van der Waals surface area contributed by atoms with Crippen LogP contribution in [-0.4, -0.2) is 24.7 Å². The van der Waals surface area contributed by atoms with Gasteiger partial charge in [-0.2, -0.15) is 0 Å². The summed E-state index contributed by atoms with van der Waals surface area (Å²) in [5.74, 6) is -2.67. The van der Waals surface area contributed by atoms with Gasteiger partial charge in [-0.25, -0.2) is 8.78 Å². The van der Waals surface area contributed by atoms with Gasteiger partial charge < -0.3 is 20.3 Å². The topological polar surface area (TPSA) is 64.7 Å². The third-order valence-corrected chi connectivity index (χ3v) is 3.45. The largest absolute Gasteiger partial charge is 0.493 e. The number of hydrogen-bond donors (Lipinski definition) is 2. The number of benzene rings is 2. The molecular formula is C17H20ClF2NO3. The Kier molecular flexibility index (Phi) is 7.41. The van der Waals surface area contributed by atoms with Crippen molar-refractivity contribution in [1.29, 1.82) is 0 Å².